The first-order valence-electron chi connectivity index (χ1n) is 9.66. The van der Waals surface area contributed by atoms with Crippen molar-refractivity contribution < 1.29 is 4.79 Å². The second-order valence-corrected chi connectivity index (χ2v) is 8.28. The third-order valence-corrected chi connectivity index (χ3v) is 6.47. The molecule has 28 heavy (non-hydrogen) atoms. The van der Waals surface area contributed by atoms with Crippen molar-refractivity contribution in [3.63, 3.8) is 0 Å². The minimum absolute atomic E-state index is 0.00311. The molecule has 6 heteroatoms. The van der Waals surface area contributed by atoms with E-state index in [-0.39, 0.29) is 11.3 Å². The third-order valence-electron chi connectivity index (χ3n) is 5.52. The van der Waals surface area contributed by atoms with Crippen LogP contribution in [-0.4, -0.2) is 27.6 Å². The van der Waals surface area contributed by atoms with Crippen LogP contribution in [0.3, 0.4) is 0 Å². The van der Waals surface area contributed by atoms with E-state index in [1.807, 2.05) is 30.3 Å². The molecule has 1 aliphatic carbocycles. The number of rotatable bonds is 7. The summed E-state index contributed by atoms with van der Waals surface area (Å²) in [5.74, 6) is 0.783. The van der Waals surface area contributed by atoms with Crippen molar-refractivity contribution in [1.82, 2.24) is 20.5 Å². The highest BCUT2D eigenvalue weighted by Gasteiger charge is 2.35. The van der Waals surface area contributed by atoms with E-state index in [0.717, 1.165) is 29.3 Å². The molecular formula is C22H24N4OS. The van der Waals surface area contributed by atoms with E-state index in [1.165, 1.54) is 24.7 Å². The number of nitrogens with one attached hydrogen (secondary N) is 2. The van der Waals surface area contributed by atoms with Crippen LogP contribution in [-0.2, 0) is 11.2 Å². The Morgan fingerprint density at radius 3 is 2.50 bits per heavy atom. The van der Waals surface area contributed by atoms with Crippen LogP contribution >= 0.6 is 11.8 Å². The summed E-state index contributed by atoms with van der Waals surface area (Å²) in [6.45, 7) is 0.693. The van der Waals surface area contributed by atoms with Crippen molar-refractivity contribution >= 4 is 17.7 Å². The van der Waals surface area contributed by atoms with Gasteiger partial charge in [0.2, 0.25) is 0 Å². The molecule has 144 valence electrons. The van der Waals surface area contributed by atoms with E-state index in [0.29, 0.717) is 12.1 Å². The number of thioether (sulfide) groups is 1. The fourth-order valence-electron chi connectivity index (χ4n) is 3.93. The summed E-state index contributed by atoms with van der Waals surface area (Å²) in [5.41, 5.74) is 3.27. The van der Waals surface area contributed by atoms with Gasteiger partial charge in [0.25, 0.3) is 5.91 Å². The van der Waals surface area contributed by atoms with Gasteiger partial charge in [0, 0.05) is 23.3 Å². The maximum absolute atomic E-state index is 12.7. The van der Waals surface area contributed by atoms with Gasteiger partial charge in [0.1, 0.15) is 6.33 Å². The summed E-state index contributed by atoms with van der Waals surface area (Å²) in [5, 5.41) is 10.7. The first kappa shape index (κ1) is 18.7. The number of hydrogen-bond donors (Lipinski definition) is 2. The maximum Gasteiger partial charge on any atom is 0.251 e. The average molecular weight is 393 g/mol. The number of benzene rings is 2. The predicted molar refractivity (Wildman–Crippen MR) is 111 cm³/mol. The van der Waals surface area contributed by atoms with Gasteiger partial charge in [-0.2, -0.15) is 5.10 Å². The second kappa shape index (κ2) is 8.61. The number of aromatic nitrogens is 3. The number of hydrogen-bond acceptors (Lipinski definition) is 4. The van der Waals surface area contributed by atoms with Crippen LogP contribution in [0.15, 0.2) is 66.1 Å². The minimum Gasteiger partial charge on any atom is -0.351 e. The van der Waals surface area contributed by atoms with Gasteiger partial charge in [0.15, 0.2) is 5.16 Å². The molecule has 0 bridgehead atoms. The molecule has 1 saturated carbocycles. The van der Waals surface area contributed by atoms with Crippen molar-refractivity contribution in [2.45, 2.75) is 42.0 Å². The Balaban J connectivity index is 1.36. The van der Waals surface area contributed by atoms with Crippen LogP contribution in [0.1, 0.15) is 47.2 Å². The number of nitrogens with zero attached hydrogens (tertiary/aromatic N) is 2. The molecule has 1 amide bonds. The Kier molecular flexibility index (Phi) is 5.76. The number of carbonyl (C=O) groups is 1. The highest BCUT2D eigenvalue weighted by Crippen LogP contribution is 2.40. The van der Waals surface area contributed by atoms with Crippen molar-refractivity contribution in [3.8, 4) is 0 Å². The molecule has 0 spiro atoms. The second-order valence-electron chi connectivity index (χ2n) is 7.31. The molecular weight excluding hydrogens is 368 g/mol. The van der Waals surface area contributed by atoms with Gasteiger partial charge in [0.05, 0.1) is 0 Å². The highest BCUT2D eigenvalue weighted by molar-refractivity contribution is 7.98. The summed E-state index contributed by atoms with van der Waals surface area (Å²) in [6, 6.07) is 18.4. The largest absolute Gasteiger partial charge is 0.351 e. The zero-order chi connectivity index (χ0) is 19.2. The maximum atomic E-state index is 12.7. The van der Waals surface area contributed by atoms with E-state index in [4.69, 9.17) is 0 Å². The molecule has 0 saturated heterocycles. The number of carbonyl (C=O) groups excluding carboxylic acids is 1. The van der Waals surface area contributed by atoms with Crippen molar-refractivity contribution in [2.24, 2.45) is 0 Å². The summed E-state index contributed by atoms with van der Waals surface area (Å²) in [7, 11) is 0. The number of amides is 1. The fraction of sp³-hybridized carbons (Fsp3) is 0.318. The van der Waals surface area contributed by atoms with Crippen LogP contribution in [0, 0.1) is 0 Å². The lowest BCUT2D eigenvalue weighted by atomic mass is 9.79. The lowest BCUT2D eigenvalue weighted by molar-refractivity contribution is 0.0943. The lowest BCUT2D eigenvalue weighted by Gasteiger charge is -2.30. The van der Waals surface area contributed by atoms with E-state index in [9.17, 15) is 4.79 Å². The van der Waals surface area contributed by atoms with Crippen molar-refractivity contribution in [3.05, 3.63) is 77.6 Å². The Bertz CT molecular complexity index is 888. The van der Waals surface area contributed by atoms with Crippen LogP contribution in [0.2, 0.25) is 0 Å². The van der Waals surface area contributed by atoms with Crippen LogP contribution in [0.25, 0.3) is 0 Å². The molecule has 5 nitrogen and oxygen atoms in total. The Morgan fingerprint density at radius 1 is 1.07 bits per heavy atom. The van der Waals surface area contributed by atoms with Crippen LogP contribution < -0.4 is 5.32 Å². The van der Waals surface area contributed by atoms with Gasteiger partial charge in [-0.1, -0.05) is 67.1 Å². The molecule has 0 atom stereocenters. The highest BCUT2D eigenvalue weighted by atomic mass is 32.2. The van der Waals surface area contributed by atoms with Gasteiger partial charge >= 0.3 is 0 Å². The summed E-state index contributed by atoms with van der Waals surface area (Å²) in [6.07, 6.45) is 6.22. The standard InChI is InChI=1S/C22H24N4OS/c27-20(18-10-8-17(9-11-18)14-28-21-24-16-25-26-21)23-15-22(12-4-5-13-22)19-6-2-1-3-7-19/h1-3,6-11,16H,4-5,12-15H2,(H,23,27)(H,24,25,26). The molecule has 0 radical (unpaired) electrons. The monoisotopic (exact) mass is 392 g/mol. The Morgan fingerprint density at radius 2 is 1.82 bits per heavy atom. The Labute approximate surface area is 169 Å². The summed E-state index contributed by atoms with van der Waals surface area (Å²) < 4.78 is 0. The van der Waals surface area contributed by atoms with Crippen LogP contribution in [0.4, 0.5) is 0 Å². The number of aromatic amines is 1. The third kappa shape index (κ3) is 4.28. The topological polar surface area (TPSA) is 70.7 Å². The fourth-order valence-corrected chi connectivity index (χ4v) is 4.67. The van der Waals surface area contributed by atoms with Crippen LogP contribution in [0.5, 0.6) is 0 Å². The predicted octanol–water partition coefficient (Wildman–Crippen LogP) is 4.34. The zero-order valence-electron chi connectivity index (χ0n) is 15.7. The first-order chi connectivity index (χ1) is 13.8. The molecule has 1 aromatic heterocycles. The van der Waals surface area contributed by atoms with E-state index in [1.54, 1.807) is 11.8 Å². The van der Waals surface area contributed by atoms with Crippen molar-refractivity contribution in [1.29, 1.82) is 0 Å². The first-order valence-corrected chi connectivity index (χ1v) is 10.6. The summed E-state index contributed by atoms with van der Waals surface area (Å²) in [4.78, 5) is 16.8. The van der Waals surface area contributed by atoms with Crippen molar-refractivity contribution in [2.75, 3.05) is 6.54 Å². The molecule has 4 rings (SSSR count). The normalized spacial score (nSPS) is 15.4. The van der Waals surface area contributed by atoms with E-state index >= 15 is 0 Å². The molecule has 1 heterocycles. The SMILES string of the molecule is O=C(NCC1(c2ccccc2)CCCC1)c1ccc(CSc2ncn[nH]2)cc1. The molecule has 3 aromatic rings. The molecule has 1 fully saturated rings. The molecule has 2 N–H and O–H groups in total. The van der Waals surface area contributed by atoms with Gasteiger partial charge in [-0.05, 0) is 36.1 Å². The molecule has 0 aliphatic heterocycles. The minimum atomic E-state index is -0.00311. The summed E-state index contributed by atoms with van der Waals surface area (Å²) >= 11 is 1.59. The van der Waals surface area contributed by atoms with E-state index in [2.05, 4.69) is 44.8 Å². The smallest absolute Gasteiger partial charge is 0.251 e. The molecule has 1 aliphatic rings. The van der Waals surface area contributed by atoms with Gasteiger partial charge in [-0.25, -0.2) is 4.98 Å². The lowest BCUT2D eigenvalue weighted by Crippen LogP contribution is -2.39. The van der Waals surface area contributed by atoms with Gasteiger partial charge < -0.3 is 5.32 Å². The van der Waals surface area contributed by atoms with Gasteiger partial charge in [-0.15, -0.1) is 0 Å². The zero-order valence-corrected chi connectivity index (χ0v) is 16.5. The number of H-pyrrole nitrogens is 1. The molecule has 2 aromatic carbocycles. The van der Waals surface area contributed by atoms with E-state index < -0.39 is 0 Å². The quantitative estimate of drug-likeness (QED) is 0.587. The molecule has 0 unspecified atom stereocenters. The van der Waals surface area contributed by atoms with Gasteiger partial charge in [-0.3, -0.25) is 9.89 Å². The Hall–Kier alpha value is -2.60. The average Bonchev–Trinajstić information content (AvgIpc) is 3.44.